The molecule has 0 spiro atoms. The minimum absolute atomic E-state index is 0.0679. The van der Waals surface area contributed by atoms with Crippen LogP contribution < -0.4 is 14.8 Å². The molecule has 2 aromatic carbocycles. The van der Waals surface area contributed by atoms with Crippen LogP contribution >= 0.6 is 11.6 Å². The fraction of sp³-hybridized carbons (Fsp3) is 0.409. The lowest BCUT2D eigenvalue weighted by Crippen LogP contribution is -2.41. The van der Waals surface area contributed by atoms with E-state index in [9.17, 15) is 4.79 Å². The Morgan fingerprint density at radius 3 is 2.36 bits per heavy atom. The van der Waals surface area contributed by atoms with E-state index in [1.165, 1.54) is 0 Å². The van der Waals surface area contributed by atoms with Crippen LogP contribution in [0.15, 0.2) is 42.5 Å². The number of carbonyl (C=O) groups is 1. The third-order valence-corrected chi connectivity index (χ3v) is 4.97. The number of rotatable bonds is 9. The molecule has 0 radical (unpaired) electrons. The van der Waals surface area contributed by atoms with Crippen molar-refractivity contribution in [3.8, 4) is 11.5 Å². The highest BCUT2D eigenvalue weighted by molar-refractivity contribution is 6.30. The Morgan fingerprint density at radius 1 is 1.07 bits per heavy atom. The minimum Gasteiger partial charge on any atom is -0.493 e. The van der Waals surface area contributed by atoms with Crippen molar-refractivity contribution in [2.24, 2.45) is 0 Å². The molecule has 152 valence electrons. The Kier molecular flexibility index (Phi) is 7.72. The van der Waals surface area contributed by atoms with Crippen molar-refractivity contribution >= 4 is 17.5 Å². The van der Waals surface area contributed by atoms with Gasteiger partial charge < -0.3 is 19.5 Å². The van der Waals surface area contributed by atoms with Gasteiger partial charge in [-0.2, -0.15) is 0 Å². The quantitative estimate of drug-likeness (QED) is 0.623. The normalized spacial score (nSPS) is 12.4. The second-order valence-corrected chi connectivity index (χ2v) is 7.52. The van der Waals surface area contributed by atoms with Crippen molar-refractivity contribution in [2.75, 3.05) is 27.4 Å². The molecule has 0 saturated carbocycles. The highest BCUT2D eigenvalue weighted by Crippen LogP contribution is 2.31. The van der Waals surface area contributed by atoms with Crippen LogP contribution in [0.1, 0.15) is 37.9 Å². The van der Waals surface area contributed by atoms with Crippen molar-refractivity contribution in [2.45, 2.75) is 32.2 Å². The topological polar surface area (TPSA) is 56.8 Å². The van der Waals surface area contributed by atoms with E-state index in [2.05, 4.69) is 5.32 Å². The van der Waals surface area contributed by atoms with E-state index < -0.39 is 5.41 Å². The summed E-state index contributed by atoms with van der Waals surface area (Å²) in [6.45, 7) is 6.66. The summed E-state index contributed by atoms with van der Waals surface area (Å²) in [4.78, 5) is 12.9. The molecule has 1 N–H and O–H groups in total. The molecule has 1 atom stereocenters. The number of methoxy groups -OCH3 is 2. The van der Waals surface area contributed by atoms with E-state index in [0.717, 1.165) is 11.1 Å². The van der Waals surface area contributed by atoms with Gasteiger partial charge in [0.1, 0.15) is 6.61 Å². The molecular weight excluding hydrogens is 378 g/mol. The molecule has 0 saturated heterocycles. The highest BCUT2D eigenvalue weighted by atomic mass is 35.5. The van der Waals surface area contributed by atoms with Gasteiger partial charge in [-0.25, -0.2) is 0 Å². The summed E-state index contributed by atoms with van der Waals surface area (Å²) >= 11 is 5.96. The summed E-state index contributed by atoms with van der Waals surface area (Å²) in [5.41, 5.74) is 1.14. The van der Waals surface area contributed by atoms with Crippen molar-refractivity contribution in [3.05, 3.63) is 58.6 Å². The number of halogens is 1. The second kappa shape index (κ2) is 9.80. The minimum atomic E-state index is -0.688. The van der Waals surface area contributed by atoms with E-state index in [-0.39, 0.29) is 11.9 Å². The van der Waals surface area contributed by atoms with E-state index in [1.54, 1.807) is 26.4 Å². The van der Waals surface area contributed by atoms with E-state index >= 15 is 0 Å². The van der Waals surface area contributed by atoms with Crippen LogP contribution in [0.5, 0.6) is 11.5 Å². The number of carbonyl (C=O) groups excluding carboxylic acids is 1. The molecule has 2 aromatic rings. The first-order chi connectivity index (χ1) is 13.3. The van der Waals surface area contributed by atoms with Gasteiger partial charge in [0.2, 0.25) is 5.91 Å². The van der Waals surface area contributed by atoms with Crippen molar-refractivity contribution in [3.63, 3.8) is 0 Å². The maximum absolute atomic E-state index is 12.9. The first-order valence-electron chi connectivity index (χ1n) is 9.16. The zero-order valence-corrected chi connectivity index (χ0v) is 17.8. The molecule has 0 heterocycles. The van der Waals surface area contributed by atoms with Gasteiger partial charge in [0, 0.05) is 12.1 Å². The number of hydrogen-bond acceptors (Lipinski definition) is 4. The molecule has 1 unspecified atom stereocenters. The zero-order valence-electron chi connectivity index (χ0n) is 17.0. The molecule has 0 bridgehead atoms. The van der Waals surface area contributed by atoms with E-state index in [4.69, 9.17) is 25.8 Å². The van der Waals surface area contributed by atoms with Gasteiger partial charge in [0.05, 0.1) is 25.2 Å². The molecule has 0 aliphatic carbocycles. The molecule has 0 aliphatic rings. The van der Waals surface area contributed by atoms with Crippen LogP contribution in [0.3, 0.4) is 0 Å². The van der Waals surface area contributed by atoms with Crippen LogP contribution in [0.4, 0.5) is 0 Å². The SMILES string of the molecule is COCCOc1ccc(C(C)NC(=O)C(C)(C)c2ccc(Cl)cc2)cc1OC. The van der Waals surface area contributed by atoms with Gasteiger partial charge in [-0.15, -0.1) is 0 Å². The summed E-state index contributed by atoms with van der Waals surface area (Å²) in [6, 6.07) is 12.8. The monoisotopic (exact) mass is 405 g/mol. The summed E-state index contributed by atoms with van der Waals surface area (Å²) in [6.07, 6.45) is 0. The molecule has 1 amide bonds. The Hall–Kier alpha value is -2.24. The van der Waals surface area contributed by atoms with Crippen LogP contribution in [0.2, 0.25) is 5.02 Å². The first-order valence-corrected chi connectivity index (χ1v) is 9.54. The third kappa shape index (κ3) is 5.40. The fourth-order valence-electron chi connectivity index (χ4n) is 2.77. The summed E-state index contributed by atoms with van der Waals surface area (Å²) in [5, 5.41) is 3.73. The Bertz CT molecular complexity index is 790. The van der Waals surface area contributed by atoms with Crippen molar-refractivity contribution in [1.82, 2.24) is 5.32 Å². The van der Waals surface area contributed by atoms with Gasteiger partial charge in [-0.3, -0.25) is 4.79 Å². The highest BCUT2D eigenvalue weighted by Gasteiger charge is 2.30. The number of nitrogens with one attached hydrogen (secondary N) is 1. The summed E-state index contributed by atoms with van der Waals surface area (Å²) in [7, 11) is 3.22. The number of benzene rings is 2. The molecular formula is C22H28ClNO4. The number of hydrogen-bond donors (Lipinski definition) is 1. The Labute approximate surface area is 171 Å². The van der Waals surface area contributed by atoms with Crippen LogP contribution in [-0.2, 0) is 14.9 Å². The Balaban J connectivity index is 2.11. The summed E-state index contributed by atoms with van der Waals surface area (Å²) < 4.78 is 16.1. The van der Waals surface area contributed by atoms with Gasteiger partial charge in [-0.1, -0.05) is 29.8 Å². The number of amides is 1. The van der Waals surface area contributed by atoms with Gasteiger partial charge >= 0.3 is 0 Å². The predicted molar refractivity (Wildman–Crippen MR) is 111 cm³/mol. The molecule has 0 fully saturated rings. The van der Waals surface area contributed by atoms with Crippen LogP contribution in [0.25, 0.3) is 0 Å². The number of ether oxygens (including phenoxy) is 3. The van der Waals surface area contributed by atoms with Crippen molar-refractivity contribution < 1.29 is 19.0 Å². The fourth-order valence-corrected chi connectivity index (χ4v) is 2.89. The van der Waals surface area contributed by atoms with Gasteiger partial charge in [0.15, 0.2) is 11.5 Å². The van der Waals surface area contributed by atoms with E-state index in [0.29, 0.717) is 29.7 Å². The molecule has 28 heavy (non-hydrogen) atoms. The maximum atomic E-state index is 12.9. The Morgan fingerprint density at radius 2 is 1.75 bits per heavy atom. The largest absolute Gasteiger partial charge is 0.493 e. The molecule has 2 rings (SSSR count). The van der Waals surface area contributed by atoms with Gasteiger partial charge in [-0.05, 0) is 56.2 Å². The average molecular weight is 406 g/mol. The lowest BCUT2D eigenvalue weighted by molar-refractivity contribution is -0.126. The predicted octanol–water partition coefficient (Wildman–Crippen LogP) is 4.53. The second-order valence-electron chi connectivity index (χ2n) is 7.08. The maximum Gasteiger partial charge on any atom is 0.230 e. The van der Waals surface area contributed by atoms with Crippen LogP contribution in [0, 0.1) is 0 Å². The molecule has 6 heteroatoms. The molecule has 0 aliphatic heterocycles. The van der Waals surface area contributed by atoms with E-state index in [1.807, 2.05) is 51.1 Å². The van der Waals surface area contributed by atoms with Crippen molar-refractivity contribution in [1.29, 1.82) is 0 Å². The molecule has 5 nitrogen and oxygen atoms in total. The standard InChI is InChI=1S/C22H28ClNO4/c1-15(16-6-11-19(20(14-16)27-5)28-13-12-26-4)24-21(25)22(2,3)17-7-9-18(23)10-8-17/h6-11,14-15H,12-13H2,1-5H3,(H,24,25). The van der Waals surface area contributed by atoms with Crippen LogP contribution in [-0.4, -0.2) is 33.3 Å². The first kappa shape index (κ1) is 22.1. The van der Waals surface area contributed by atoms with Gasteiger partial charge in [0.25, 0.3) is 0 Å². The zero-order chi connectivity index (χ0) is 20.7. The molecule has 0 aromatic heterocycles. The lowest BCUT2D eigenvalue weighted by atomic mass is 9.83. The smallest absolute Gasteiger partial charge is 0.230 e. The summed E-state index contributed by atoms with van der Waals surface area (Å²) in [5.74, 6) is 1.19. The average Bonchev–Trinajstić information content (AvgIpc) is 2.68. The third-order valence-electron chi connectivity index (χ3n) is 4.71. The lowest BCUT2D eigenvalue weighted by Gasteiger charge is -2.27.